The lowest BCUT2D eigenvalue weighted by Crippen LogP contribution is -1.74. The molecule has 0 heterocycles. The van der Waals surface area contributed by atoms with E-state index in [2.05, 4.69) is 0 Å². The van der Waals surface area contributed by atoms with Gasteiger partial charge in [-0.15, -0.1) is 0 Å². The smallest absolute Gasteiger partial charge is 0.101 e. The summed E-state index contributed by atoms with van der Waals surface area (Å²) in [5, 5.41) is 9.82. The van der Waals surface area contributed by atoms with Crippen molar-refractivity contribution in [2.24, 2.45) is 0 Å². The monoisotopic (exact) mass is 99.1 g/mol. The van der Waals surface area contributed by atoms with Gasteiger partial charge in [0.25, 0.3) is 0 Å². The summed E-state index contributed by atoms with van der Waals surface area (Å²) in [6.45, 7) is 3.94. The molecule has 0 bridgehead atoms. The molecule has 0 atom stereocenters. The highest BCUT2D eigenvalue weighted by atomic mass is 16.2. The molecule has 0 rings (SSSR count). The zero-order chi connectivity index (χ0) is 5.70. The summed E-state index contributed by atoms with van der Waals surface area (Å²) in [4.78, 5) is 0. The molecule has 7 heavy (non-hydrogen) atoms. The Balaban J connectivity index is 3.29. The van der Waals surface area contributed by atoms with Gasteiger partial charge in [0, 0.05) is 0 Å². The van der Waals surface area contributed by atoms with Gasteiger partial charge >= 0.3 is 0 Å². The average molecular weight is 99.2 g/mol. The van der Waals surface area contributed by atoms with Crippen LogP contribution >= 0.6 is 0 Å². The van der Waals surface area contributed by atoms with Crippen molar-refractivity contribution in [3.63, 3.8) is 0 Å². The van der Waals surface area contributed by atoms with Crippen molar-refractivity contribution >= 4 is 0 Å². The highest BCUT2D eigenvalue weighted by molar-refractivity contribution is 4.95. The van der Waals surface area contributed by atoms with Crippen molar-refractivity contribution in [3.8, 4) is 0 Å². The molecular weight excluding hydrogens is 88.1 g/mol. The van der Waals surface area contributed by atoms with Gasteiger partial charge in [0.15, 0.2) is 0 Å². The Hall–Kier alpha value is -0.300. The van der Waals surface area contributed by atoms with E-state index in [-0.39, 0.29) is 6.61 Å². The lowest BCUT2D eigenvalue weighted by atomic mass is 10.2. The van der Waals surface area contributed by atoms with E-state index in [1.807, 2.05) is 13.8 Å². The van der Waals surface area contributed by atoms with E-state index in [9.17, 15) is 5.11 Å². The van der Waals surface area contributed by atoms with E-state index < -0.39 is 0 Å². The molecule has 41 valence electrons. The van der Waals surface area contributed by atoms with Crippen LogP contribution in [-0.2, 0) is 5.11 Å². The van der Waals surface area contributed by atoms with Crippen molar-refractivity contribution in [2.45, 2.75) is 20.3 Å². The Morgan fingerprint density at radius 2 is 2.29 bits per heavy atom. The minimum absolute atomic E-state index is 0.0698. The molecule has 0 spiro atoms. The highest BCUT2D eigenvalue weighted by Crippen LogP contribution is 1.94. The SMILES string of the molecule is CC/C(C)=C/C[O]. The van der Waals surface area contributed by atoms with Gasteiger partial charge in [0.05, 0.1) is 0 Å². The fourth-order valence-corrected chi connectivity index (χ4v) is 0.287. The summed E-state index contributed by atoms with van der Waals surface area (Å²) in [6, 6.07) is 0. The molecule has 0 amide bonds. The Morgan fingerprint density at radius 1 is 1.71 bits per heavy atom. The standard InChI is InChI=1S/C6H11O/c1-3-6(2)4-5-7/h4H,3,5H2,1-2H3/b6-4+. The normalized spacial score (nSPS) is 12.1. The van der Waals surface area contributed by atoms with E-state index >= 15 is 0 Å². The minimum atomic E-state index is -0.0698. The third-order valence-electron chi connectivity index (χ3n) is 0.989. The summed E-state index contributed by atoms with van der Waals surface area (Å²) in [6.07, 6.45) is 2.71. The van der Waals surface area contributed by atoms with Crippen LogP contribution in [0, 0.1) is 0 Å². The number of hydrogen-bond acceptors (Lipinski definition) is 0. The molecule has 0 aromatic carbocycles. The topological polar surface area (TPSA) is 19.9 Å². The molecule has 1 heteroatoms. The molecule has 1 radical (unpaired) electrons. The van der Waals surface area contributed by atoms with Crippen LogP contribution in [0.5, 0.6) is 0 Å². The van der Waals surface area contributed by atoms with Gasteiger partial charge in [0.2, 0.25) is 0 Å². The van der Waals surface area contributed by atoms with Crippen molar-refractivity contribution in [2.75, 3.05) is 6.61 Å². The summed E-state index contributed by atoms with van der Waals surface area (Å²) in [5.41, 5.74) is 1.19. The molecular formula is C6H11O. The highest BCUT2D eigenvalue weighted by Gasteiger charge is 1.78. The summed E-state index contributed by atoms with van der Waals surface area (Å²) in [5.74, 6) is 0. The summed E-state index contributed by atoms with van der Waals surface area (Å²) >= 11 is 0. The van der Waals surface area contributed by atoms with Gasteiger partial charge < -0.3 is 0 Å². The predicted octanol–water partition coefficient (Wildman–Crippen LogP) is 1.77. The lowest BCUT2D eigenvalue weighted by molar-refractivity contribution is 0.231. The van der Waals surface area contributed by atoms with Gasteiger partial charge in [-0.1, -0.05) is 18.6 Å². The molecule has 0 aliphatic carbocycles. The van der Waals surface area contributed by atoms with Gasteiger partial charge in [-0.05, 0) is 13.3 Å². The molecule has 0 aliphatic rings. The predicted molar refractivity (Wildman–Crippen MR) is 29.6 cm³/mol. The molecule has 0 fully saturated rings. The molecule has 0 aliphatic heterocycles. The van der Waals surface area contributed by atoms with Crippen molar-refractivity contribution in [1.29, 1.82) is 0 Å². The Bertz CT molecular complexity index is 64.6. The fraction of sp³-hybridized carbons (Fsp3) is 0.667. The number of rotatable bonds is 2. The minimum Gasteiger partial charge on any atom is -0.232 e. The van der Waals surface area contributed by atoms with E-state index in [0.717, 1.165) is 6.42 Å². The Labute approximate surface area is 44.7 Å². The molecule has 0 saturated carbocycles. The summed E-state index contributed by atoms with van der Waals surface area (Å²) in [7, 11) is 0. The molecule has 0 N–H and O–H groups in total. The molecule has 1 nitrogen and oxygen atoms in total. The van der Waals surface area contributed by atoms with Gasteiger partial charge in [-0.25, -0.2) is 5.11 Å². The molecule has 0 aromatic rings. The van der Waals surface area contributed by atoms with Crippen LogP contribution in [0.4, 0.5) is 0 Å². The van der Waals surface area contributed by atoms with Crippen LogP contribution in [0.25, 0.3) is 0 Å². The zero-order valence-corrected chi connectivity index (χ0v) is 4.90. The third-order valence-corrected chi connectivity index (χ3v) is 0.989. The average Bonchev–Trinajstić information content (AvgIpc) is 1.68. The quantitative estimate of drug-likeness (QED) is 0.470. The van der Waals surface area contributed by atoms with Crippen molar-refractivity contribution in [1.82, 2.24) is 0 Å². The molecule has 0 saturated heterocycles. The van der Waals surface area contributed by atoms with Gasteiger partial charge in [0.1, 0.15) is 6.61 Å². The van der Waals surface area contributed by atoms with Crippen molar-refractivity contribution in [3.05, 3.63) is 11.6 Å². The number of hydrogen-bond donors (Lipinski definition) is 0. The second-order valence-corrected chi connectivity index (χ2v) is 1.57. The lowest BCUT2D eigenvalue weighted by Gasteiger charge is -1.87. The van der Waals surface area contributed by atoms with Crippen molar-refractivity contribution < 1.29 is 5.11 Å². The zero-order valence-electron chi connectivity index (χ0n) is 4.90. The fourth-order valence-electron chi connectivity index (χ4n) is 0.287. The Morgan fingerprint density at radius 3 is 2.43 bits per heavy atom. The van der Waals surface area contributed by atoms with E-state index in [4.69, 9.17) is 0 Å². The van der Waals surface area contributed by atoms with E-state index in [1.165, 1.54) is 5.57 Å². The maximum atomic E-state index is 9.82. The first-order chi connectivity index (χ1) is 3.31. The van der Waals surface area contributed by atoms with Crippen LogP contribution in [0.3, 0.4) is 0 Å². The Kier molecular flexibility index (Phi) is 3.71. The second-order valence-electron chi connectivity index (χ2n) is 1.57. The molecule has 0 unspecified atom stereocenters. The molecule has 0 aromatic heterocycles. The van der Waals surface area contributed by atoms with E-state index in [0.29, 0.717) is 0 Å². The van der Waals surface area contributed by atoms with Gasteiger partial charge in [-0.2, -0.15) is 0 Å². The third kappa shape index (κ3) is 3.53. The van der Waals surface area contributed by atoms with Crippen LogP contribution < -0.4 is 0 Å². The van der Waals surface area contributed by atoms with Crippen LogP contribution in [0.2, 0.25) is 0 Å². The maximum Gasteiger partial charge on any atom is 0.101 e. The summed E-state index contributed by atoms with van der Waals surface area (Å²) < 4.78 is 0. The first-order valence-electron chi connectivity index (χ1n) is 2.55. The van der Waals surface area contributed by atoms with Crippen LogP contribution in [0.15, 0.2) is 11.6 Å². The largest absolute Gasteiger partial charge is 0.232 e. The van der Waals surface area contributed by atoms with Gasteiger partial charge in [-0.3, -0.25) is 0 Å². The van der Waals surface area contributed by atoms with Crippen LogP contribution in [0.1, 0.15) is 20.3 Å². The second kappa shape index (κ2) is 3.88. The first kappa shape index (κ1) is 6.70. The first-order valence-corrected chi connectivity index (χ1v) is 2.55. The number of allylic oxidation sites excluding steroid dienone is 1. The van der Waals surface area contributed by atoms with Crippen LogP contribution in [-0.4, -0.2) is 6.61 Å². The maximum absolute atomic E-state index is 9.82. The van der Waals surface area contributed by atoms with E-state index in [1.54, 1.807) is 6.08 Å².